The number of hydrogen-bond donors (Lipinski definition) is 2. The molecule has 2 saturated heterocycles. The van der Waals surface area contributed by atoms with Crippen LogP contribution in [0.3, 0.4) is 0 Å². The topological polar surface area (TPSA) is 52.7 Å². The van der Waals surface area contributed by atoms with E-state index in [4.69, 9.17) is 5.73 Å². The second-order valence-corrected chi connectivity index (χ2v) is 7.34. The molecule has 1 unspecified atom stereocenters. The predicted octanol–water partition coefficient (Wildman–Crippen LogP) is 1.18. The molecule has 0 bridgehead atoms. The standard InChI is InChI=1S/C16H31N3O/c17-14-4-10-19(11-5-14)15-6-9-18(12-15)13-16(20)7-2-1-3-8-16/h14-15,20H,1-13,17H2. The van der Waals surface area contributed by atoms with E-state index in [0.29, 0.717) is 12.1 Å². The second kappa shape index (κ2) is 6.30. The van der Waals surface area contributed by atoms with E-state index in [1.807, 2.05) is 0 Å². The SMILES string of the molecule is NC1CCN(C2CCN(CC3(O)CCCCC3)C2)CC1. The summed E-state index contributed by atoms with van der Waals surface area (Å²) in [6.07, 6.45) is 9.31. The van der Waals surface area contributed by atoms with Gasteiger partial charge >= 0.3 is 0 Å². The summed E-state index contributed by atoms with van der Waals surface area (Å²) in [4.78, 5) is 5.14. The van der Waals surface area contributed by atoms with Crippen LogP contribution in [0.5, 0.6) is 0 Å². The summed E-state index contributed by atoms with van der Waals surface area (Å²) >= 11 is 0. The van der Waals surface area contributed by atoms with Gasteiger partial charge < -0.3 is 10.8 Å². The van der Waals surface area contributed by atoms with Crippen molar-refractivity contribution in [2.45, 2.75) is 69.1 Å². The quantitative estimate of drug-likeness (QED) is 0.815. The molecule has 2 heterocycles. The minimum atomic E-state index is -0.391. The first kappa shape index (κ1) is 14.8. The molecule has 3 fully saturated rings. The summed E-state index contributed by atoms with van der Waals surface area (Å²) in [7, 11) is 0. The summed E-state index contributed by atoms with van der Waals surface area (Å²) in [5.74, 6) is 0. The van der Waals surface area contributed by atoms with Crippen molar-refractivity contribution in [3.8, 4) is 0 Å². The molecule has 1 atom stereocenters. The number of aliphatic hydroxyl groups is 1. The second-order valence-electron chi connectivity index (χ2n) is 7.34. The van der Waals surface area contributed by atoms with Crippen molar-refractivity contribution in [3.63, 3.8) is 0 Å². The average molecular weight is 281 g/mol. The molecule has 3 N–H and O–H groups in total. The van der Waals surface area contributed by atoms with Gasteiger partial charge in [-0.15, -0.1) is 0 Å². The van der Waals surface area contributed by atoms with E-state index in [-0.39, 0.29) is 0 Å². The molecule has 1 saturated carbocycles. The summed E-state index contributed by atoms with van der Waals surface area (Å²) < 4.78 is 0. The Bertz CT molecular complexity index is 309. The van der Waals surface area contributed by atoms with Gasteiger partial charge in [0.25, 0.3) is 0 Å². The molecule has 3 rings (SSSR count). The number of piperidine rings is 1. The molecular weight excluding hydrogens is 250 g/mol. The van der Waals surface area contributed by atoms with Crippen molar-refractivity contribution >= 4 is 0 Å². The first-order valence-corrected chi connectivity index (χ1v) is 8.59. The van der Waals surface area contributed by atoms with Gasteiger partial charge in [-0.3, -0.25) is 9.80 Å². The molecule has 0 radical (unpaired) electrons. The van der Waals surface area contributed by atoms with Crippen LogP contribution in [0.25, 0.3) is 0 Å². The Kier molecular flexibility index (Phi) is 4.65. The van der Waals surface area contributed by atoms with E-state index in [2.05, 4.69) is 9.80 Å². The highest BCUT2D eigenvalue weighted by Gasteiger charge is 2.36. The van der Waals surface area contributed by atoms with Gasteiger partial charge in [0.15, 0.2) is 0 Å². The zero-order valence-corrected chi connectivity index (χ0v) is 12.8. The van der Waals surface area contributed by atoms with Crippen molar-refractivity contribution in [2.24, 2.45) is 5.73 Å². The highest BCUT2D eigenvalue weighted by molar-refractivity contribution is 4.92. The molecule has 2 aliphatic heterocycles. The van der Waals surface area contributed by atoms with Crippen LogP contribution in [0.1, 0.15) is 51.4 Å². The maximum atomic E-state index is 10.7. The maximum absolute atomic E-state index is 10.7. The first-order chi connectivity index (χ1) is 9.65. The summed E-state index contributed by atoms with van der Waals surface area (Å²) in [5.41, 5.74) is 5.60. The van der Waals surface area contributed by atoms with Gasteiger partial charge in [-0.05, 0) is 51.7 Å². The van der Waals surface area contributed by atoms with Gasteiger partial charge in [-0.2, -0.15) is 0 Å². The van der Waals surface area contributed by atoms with Crippen molar-refractivity contribution in [1.82, 2.24) is 9.80 Å². The lowest BCUT2D eigenvalue weighted by Crippen LogP contribution is -2.47. The van der Waals surface area contributed by atoms with Crippen LogP contribution >= 0.6 is 0 Å². The van der Waals surface area contributed by atoms with E-state index in [1.54, 1.807) is 0 Å². The molecule has 0 spiro atoms. The minimum absolute atomic E-state index is 0.391. The highest BCUT2D eigenvalue weighted by Crippen LogP contribution is 2.30. The Morgan fingerprint density at radius 2 is 1.70 bits per heavy atom. The zero-order valence-electron chi connectivity index (χ0n) is 12.8. The van der Waals surface area contributed by atoms with Crippen LogP contribution in [-0.4, -0.2) is 65.3 Å². The molecule has 4 nitrogen and oxygen atoms in total. The first-order valence-electron chi connectivity index (χ1n) is 8.59. The van der Waals surface area contributed by atoms with Gasteiger partial charge in [-0.25, -0.2) is 0 Å². The normalized spacial score (nSPS) is 33.6. The Morgan fingerprint density at radius 3 is 2.40 bits per heavy atom. The van der Waals surface area contributed by atoms with Gasteiger partial charge in [0, 0.05) is 25.2 Å². The monoisotopic (exact) mass is 281 g/mol. The maximum Gasteiger partial charge on any atom is 0.0774 e. The van der Waals surface area contributed by atoms with E-state index < -0.39 is 5.60 Å². The predicted molar refractivity (Wildman–Crippen MR) is 81.7 cm³/mol. The van der Waals surface area contributed by atoms with E-state index >= 15 is 0 Å². The largest absolute Gasteiger partial charge is 0.389 e. The van der Waals surface area contributed by atoms with Crippen LogP contribution < -0.4 is 5.73 Å². The third-order valence-electron chi connectivity index (χ3n) is 5.64. The smallest absolute Gasteiger partial charge is 0.0774 e. The van der Waals surface area contributed by atoms with Crippen LogP contribution in [0.15, 0.2) is 0 Å². The van der Waals surface area contributed by atoms with E-state index in [0.717, 1.165) is 45.3 Å². The Morgan fingerprint density at radius 1 is 1.00 bits per heavy atom. The zero-order chi connectivity index (χ0) is 14.0. The number of nitrogens with zero attached hydrogens (tertiary/aromatic N) is 2. The summed E-state index contributed by atoms with van der Waals surface area (Å²) in [6, 6.07) is 1.13. The van der Waals surface area contributed by atoms with Gasteiger partial charge in [0.1, 0.15) is 0 Å². The van der Waals surface area contributed by atoms with Crippen LogP contribution in [0.4, 0.5) is 0 Å². The third kappa shape index (κ3) is 3.53. The molecule has 0 amide bonds. The number of rotatable bonds is 3. The van der Waals surface area contributed by atoms with Gasteiger partial charge in [0.2, 0.25) is 0 Å². The fraction of sp³-hybridized carbons (Fsp3) is 1.00. The molecule has 3 aliphatic rings. The van der Waals surface area contributed by atoms with Crippen LogP contribution in [0, 0.1) is 0 Å². The Labute approximate surface area is 123 Å². The number of nitrogens with two attached hydrogens (primary N) is 1. The molecule has 4 heteroatoms. The number of hydrogen-bond acceptors (Lipinski definition) is 4. The highest BCUT2D eigenvalue weighted by atomic mass is 16.3. The molecule has 1 aliphatic carbocycles. The lowest BCUT2D eigenvalue weighted by atomic mass is 9.84. The van der Waals surface area contributed by atoms with E-state index in [9.17, 15) is 5.11 Å². The summed E-state index contributed by atoms with van der Waals surface area (Å²) in [6.45, 7) is 5.55. The third-order valence-corrected chi connectivity index (χ3v) is 5.64. The van der Waals surface area contributed by atoms with Crippen molar-refractivity contribution in [1.29, 1.82) is 0 Å². The number of likely N-dealkylation sites (tertiary alicyclic amines) is 2. The minimum Gasteiger partial charge on any atom is -0.389 e. The van der Waals surface area contributed by atoms with Crippen molar-refractivity contribution in [3.05, 3.63) is 0 Å². The lowest BCUT2D eigenvalue weighted by molar-refractivity contribution is -0.0228. The fourth-order valence-corrected chi connectivity index (χ4v) is 4.32. The van der Waals surface area contributed by atoms with Crippen molar-refractivity contribution < 1.29 is 5.11 Å². The van der Waals surface area contributed by atoms with Crippen LogP contribution in [-0.2, 0) is 0 Å². The summed E-state index contributed by atoms with van der Waals surface area (Å²) in [5, 5.41) is 10.7. The molecule has 116 valence electrons. The number of β-amino-alcohol motifs (C(OH)–C–C–N with tert-alkyl or cyclic N) is 1. The van der Waals surface area contributed by atoms with Crippen molar-refractivity contribution in [2.75, 3.05) is 32.7 Å². The van der Waals surface area contributed by atoms with E-state index in [1.165, 1.54) is 38.8 Å². The Hall–Kier alpha value is -0.160. The van der Waals surface area contributed by atoms with Crippen LogP contribution in [0.2, 0.25) is 0 Å². The van der Waals surface area contributed by atoms with Gasteiger partial charge in [0.05, 0.1) is 5.60 Å². The van der Waals surface area contributed by atoms with Gasteiger partial charge in [-0.1, -0.05) is 19.3 Å². The fourth-order valence-electron chi connectivity index (χ4n) is 4.32. The molecule has 0 aromatic carbocycles. The molecule has 0 aromatic heterocycles. The molecule has 20 heavy (non-hydrogen) atoms. The Balaban J connectivity index is 1.47. The lowest BCUT2D eigenvalue weighted by Gasteiger charge is -2.37. The average Bonchev–Trinajstić information content (AvgIpc) is 2.88. The molecule has 0 aromatic rings. The molecular formula is C16H31N3O.